The van der Waals surface area contributed by atoms with Crippen LogP contribution < -0.4 is 10.5 Å². The maximum absolute atomic E-state index is 5.74. The van der Waals surface area contributed by atoms with Gasteiger partial charge < -0.3 is 10.5 Å². The van der Waals surface area contributed by atoms with Gasteiger partial charge in [0.1, 0.15) is 4.83 Å². The molecule has 0 aliphatic rings. The van der Waals surface area contributed by atoms with Crippen LogP contribution in [-0.2, 0) is 6.42 Å². The normalized spacial score (nSPS) is 11.3. The van der Waals surface area contributed by atoms with Crippen molar-refractivity contribution < 1.29 is 4.74 Å². The highest BCUT2D eigenvalue weighted by Gasteiger charge is 2.11. The van der Waals surface area contributed by atoms with Crippen LogP contribution in [0.15, 0.2) is 6.07 Å². The Bertz CT molecular complexity index is 536. The fourth-order valence-corrected chi connectivity index (χ4v) is 2.60. The summed E-state index contributed by atoms with van der Waals surface area (Å²) in [6.45, 7) is 7.14. The topological polar surface area (TPSA) is 61.0 Å². The molecule has 0 fully saturated rings. The Balaban J connectivity index is 2.27. The highest BCUT2D eigenvalue weighted by molar-refractivity contribution is 7.18. The van der Waals surface area contributed by atoms with Crippen molar-refractivity contribution >= 4 is 27.5 Å². The summed E-state index contributed by atoms with van der Waals surface area (Å²) >= 11 is 1.65. The number of thiophene rings is 1. The van der Waals surface area contributed by atoms with Crippen LogP contribution in [0.2, 0.25) is 0 Å². The molecule has 0 bridgehead atoms. The fourth-order valence-electron chi connectivity index (χ4n) is 1.64. The smallest absolute Gasteiger partial charge is 0.227 e. The van der Waals surface area contributed by atoms with Gasteiger partial charge >= 0.3 is 0 Å². The number of aromatic nitrogens is 2. The molecule has 18 heavy (non-hydrogen) atoms. The van der Waals surface area contributed by atoms with E-state index in [9.17, 15) is 0 Å². The number of fused-ring (bicyclic) bond motifs is 1. The van der Waals surface area contributed by atoms with Gasteiger partial charge in [-0.3, -0.25) is 0 Å². The Labute approximate surface area is 111 Å². The van der Waals surface area contributed by atoms with Crippen molar-refractivity contribution in [1.29, 1.82) is 0 Å². The largest absolute Gasteiger partial charge is 0.477 e. The number of nitrogen functional groups attached to an aromatic ring is 1. The van der Waals surface area contributed by atoms with Crippen molar-refractivity contribution in [2.24, 2.45) is 5.92 Å². The lowest BCUT2D eigenvalue weighted by molar-refractivity contribution is 0.283. The second-order valence-corrected chi connectivity index (χ2v) is 5.82. The number of hydrogen-bond acceptors (Lipinski definition) is 5. The maximum atomic E-state index is 5.74. The Morgan fingerprint density at radius 3 is 2.83 bits per heavy atom. The average molecular weight is 265 g/mol. The molecule has 2 aromatic rings. The molecule has 2 N–H and O–H groups in total. The molecular weight excluding hydrogens is 246 g/mol. The lowest BCUT2D eigenvalue weighted by Crippen LogP contribution is -2.04. The minimum atomic E-state index is 0.284. The highest BCUT2D eigenvalue weighted by Crippen LogP contribution is 2.31. The van der Waals surface area contributed by atoms with E-state index in [1.807, 2.05) is 0 Å². The molecular formula is C13H19N3OS. The first-order valence-electron chi connectivity index (χ1n) is 6.29. The minimum Gasteiger partial charge on any atom is -0.477 e. The number of anilines is 1. The third-order valence-corrected chi connectivity index (χ3v) is 3.88. The molecule has 98 valence electrons. The van der Waals surface area contributed by atoms with Crippen LogP contribution in [0.5, 0.6) is 5.88 Å². The summed E-state index contributed by atoms with van der Waals surface area (Å²) in [5.74, 6) is 1.52. The predicted octanol–water partition coefficient (Wildman–Crippen LogP) is 3.26. The molecule has 2 rings (SSSR count). The molecule has 5 heteroatoms. The molecule has 4 nitrogen and oxygen atoms in total. The molecule has 0 unspecified atom stereocenters. The van der Waals surface area contributed by atoms with E-state index >= 15 is 0 Å². The first-order chi connectivity index (χ1) is 8.60. The van der Waals surface area contributed by atoms with E-state index in [4.69, 9.17) is 10.5 Å². The van der Waals surface area contributed by atoms with Gasteiger partial charge in [0.25, 0.3) is 0 Å². The van der Waals surface area contributed by atoms with Crippen LogP contribution in [0.3, 0.4) is 0 Å². The van der Waals surface area contributed by atoms with Gasteiger partial charge in [-0.15, -0.1) is 11.3 Å². The third-order valence-electron chi connectivity index (χ3n) is 2.71. The molecule has 2 aromatic heterocycles. The molecule has 0 radical (unpaired) electrons. The number of nitrogens with two attached hydrogens (primary N) is 1. The highest BCUT2D eigenvalue weighted by atomic mass is 32.1. The van der Waals surface area contributed by atoms with Gasteiger partial charge in [-0.05, 0) is 24.8 Å². The molecule has 0 aromatic carbocycles. The number of rotatable bonds is 5. The summed E-state index contributed by atoms with van der Waals surface area (Å²) in [5, 5.41) is 0.981. The lowest BCUT2D eigenvalue weighted by atomic mass is 10.1. The second-order valence-electron chi connectivity index (χ2n) is 4.70. The standard InChI is InChI=1S/C13H19N3OS/c1-4-9-7-10-11(17-6-5-8(2)3)15-13(14)16-12(10)18-9/h7-8H,4-6H2,1-3H3,(H2,14,15,16). The molecule has 2 heterocycles. The second kappa shape index (κ2) is 5.52. The van der Waals surface area contributed by atoms with Gasteiger partial charge in [-0.25, -0.2) is 4.98 Å². The molecule has 0 saturated carbocycles. The van der Waals surface area contributed by atoms with Gasteiger partial charge in [0.05, 0.1) is 12.0 Å². The minimum absolute atomic E-state index is 0.284. The van der Waals surface area contributed by atoms with E-state index in [-0.39, 0.29) is 5.95 Å². The van der Waals surface area contributed by atoms with E-state index < -0.39 is 0 Å². The fraction of sp³-hybridized carbons (Fsp3) is 0.538. The van der Waals surface area contributed by atoms with Gasteiger partial charge in [-0.1, -0.05) is 20.8 Å². The lowest BCUT2D eigenvalue weighted by Gasteiger charge is -2.08. The average Bonchev–Trinajstić information content (AvgIpc) is 2.71. The van der Waals surface area contributed by atoms with E-state index in [1.165, 1.54) is 4.88 Å². The third kappa shape index (κ3) is 2.90. The van der Waals surface area contributed by atoms with Crippen LogP contribution >= 0.6 is 11.3 Å². The van der Waals surface area contributed by atoms with Crippen molar-refractivity contribution in [2.45, 2.75) is 33.6 Å². The zero-order chi connectivity index (χ0) is 13.1. The predicted molar refractivity (Wildman–Crippen MR) is 76.2 cm³/mol. The van der Waals surface area contributed by atoms with Gasteiger partial charge in [0, 0.05) is 4.88 Å². The van der Waals surface area contributed by atoms with Crippen LogP contribution in [-0.4, -0.2) is 16.6 Å². The summed E-state index contributed by atoms with van der Waals surface area (Å²) in [7, 11) is 0. The summed E-state index contributed by atoms with van der Waals surface area (Å²) in [4.78, 5) is 10.6. The van der Waals surface area contributed by atoms with Crippen molar-refractivity contribution in [2.75, 3.05) is 12.3 Å². The number of ether oxygens (including phenoxy) is 1. The first-order valence-corrected chi connectivity index (χ1v) is 7.10. The van der Waals surface area contributed by atoms with Crippen molar-refractivity contribution in [3.05, 3.63) is 10.9 Å². The Hall–Kier alpha value is -1.36. The van der Waals surface area contributed by atoms with Crippen LogP contribution in [0, 0.1) is 5.92 Å². The molecule has 0 amide bonds. The van der Waals surface area contributed by atoms with Gasteiger partial charge in [0.2, 0.25) is 11.8 Å². The van der Waals surface area contributed by atoms with E-state index in [0.29, 0.717) is 18.4 Å². The van der Waals surface area contributed by atoms with Crippen molar-refractivity contribution in [3.63, 3.8) is 0 Å². The van der Waals surface area contributed by atoms with Crippen LogP contribution in [0.4, 0.5) is 5.95 Å². The Kier molecular flexibility index (Phi) is 4.01. The molecule has 0 spiro atoms. The molecule has 0 aliphatic heterocycles. The zero-order valence-electron chi connectivity index (χ0n) is 11.1. The molecule has 0 saturated heterocycles. The summed E-state index contributed by atoms with van der Waals surface area (Å²) in [5.41, 5.74) is 5.71. The van der Waals surface area contributed by atoms with E-state index in [0.717, 1.165) is 23.1 Å². The Morgan fingerprint density at radius 1 is 1.39 bits per heavy atom. The summed E-state index contributed by atoms with van der Waals surface area (Å²) in [6.07, 6.45) is 2.00. The summed E-state index contributed by atoms with van der Waals surface area (Å²) < 4.78 is 5.74. The van der Waals surface area contributed by atoms with Crippen molar-refractivity contribution in [1.82, 2.24) is 9.97 Å². The van der Waals surface area contributed by atoms with Gasteiger partial charge in [0.15, 0.2) is 0 Å². The van der Waals surface area contributed by atoms with E-state index in [1.54, 1.807) is 11.3 Å². The quantitative estimate of drug-likeness (QED) is 0.901. The number of nitrogens with zero attached hydrogens (tertiary/aromatic N) is 2. The Morgan fingerprint density at radius 2 is 2.17 bits per heavy atom. The first kappa shape index (κ1) is 13.1. The maximum Gasteiger partial charge on any atom is 0.227 e. The monoisotopic (exact) mass is 265 g/mol. The van der Waals surface area contributed by atoms with Crippen LogP contribution in [0.25, 0.3) is 10.2 Å². The molecule has 0 aliphatic carbocycles. The van der Waals surface area contributed by atoms with Gasteiger partial charge in [-0.2, -0.15) is 4.98 Å². The van der Waals surface area contributed by atoms with E-state index in [2.05, 4.69) is 36.8 Å². The number of hydrogen-bond donors (Lipinski definition) is 1. The van der Waals surface area contributed by atoms with Crippen molar-refractivity contribution in [3.8, 4) is 5.88 Å². The van der Waals surface area contributed by atoms with Crippen LogP contribution in [0.1, 0.15) is 32.1 Å². The summed E-state index contributed by atoms with van der Waals surface area (Å²) in [6, 6.07) is 2.10. The zero-order valence-corrected chi connectivity index (χ0v) is 11.9. The SMILES string of the molecule is CCc1cc2c(OCCC(C)C)nc(N)nc2s1. The molecule has 0 atom stereocenters. The number of aryl methyl sites for hydroxylation is 1.